The third-order valence-corrected chi connectivity index (χ3v) is 18.4. The molecule has 10 aromatic carbocycles. The molecule has 3 aliphatic heterocycles. The highest BCUT2D eigenvalue weighted by Gasteiger charge is 2.60. The molecule has 0 aromatic heterocycles. The second-order valence-corrected chi connectivity index (χ2v) is 26.0. The topological polar surface area (TPSA) is 278 Å². The number of rotatable bonds is 30. The molecule has 3 fully saturated rings. The van der Waals surface area contributed by atoms with Gasteiger partial charge in [0, 0.05) is 0 Å². The molecule has 10 aromatic rings. The molecule has 0 radical (unpaired) electrons. The Bertz CT molecular complexity index is 4620. The smallest absolute Gasteiger partial charge is 0.338 e. The van der Waals surface area contributed by atoms with Gasteiger partial charge in [0.2, 0.25) is 0 Å². The average molecular weight is 1500 g/mol. The molecule has 111 heavy (non-hydrogen) atoms. The van der Waals surface area contributed by atoms with Crippen LogP contribution in [0.4, 0.5) is 0 Å². The monoisotopic (exact) mass is 1500 g/mol. The van der Waals surface area contributed by atoms with Crippen LogP contribution >= 0.6 is 0 Å². The quantitative estimate of drug-likeness (QED) is 0.0323. The summed E-state index contributed by atoms with van der Waals surface area (Å²) in [6.07, 6.45) is -27.3. The SMILES string of the molecule is O=C(OC[C@H]1O[C@@H](O[C@H]2[C@H](OC(=O)c3ccccc3)[C@@H](OC(=O)c3ccccc3)[C@H](O[C@@H]3[C@H](OCc4ccccc4)[C@@H](OCc4ccccc4)[C@@H](O)O[C@@H]3COCc3ccccc3)O[C@@H]2COC(=O)c2ccccc2)[C@H](OC(=O)c2ccccc2)[C@@H](OC(=O)c2ccccc2)[C@@H]1OC(=O)c1ccccc1)c1ccccc1. The Labute approximate surface area is 639 Å². The Morgan fingerprint density at radius 1 is 0.252 bits per heavy atom. The van der Waals surface area contributed by atoms with Crippen LogP contribution in [0.3, 0.4) is 0 Å². The molecule has 0 bridgehead atoms. The zero-order valence-electron chi connectivity index (χ0n) is 59.7. The van der Waals surface area contributed by atoms with E-state index < -0.39 is 147 Å². The van der Waals surface area contributed by atoms with Crippen LogP contribution in [0, 0.1) is 0 Å². The summed E-state index contributed by atoms with van der Waals surface area (Å²) in [5.74, 6) is -6.98. The van der Waals surface area contributed by atoms with Crippen molar-refractivity contribution in [1.29, 1.82) is 0 Å². The van der Waals surface area contributed by atoms with Crippen LogP contribution in [0.5, 0.6) is 0 Å². The Balaban J connectivity index is 0.984. The summed E-state index contributed by atoms with van der Waals surface area (Å²) in [4.78, 5) is 104. The summed E-state index contributed by atoms with van der Waals surface area (Å²) in [6.45, 7) is -2.12. The maximum absolute atomic E-state index is 15.4. The van der Waals surface area contributed by atoms with Crippen molar-refractivity contribution in [2.75, 3.05) is 19.8 Å². The van der Waals surface area contributed by atoms with Crippen LogP contribution in [0.1, 0.15) is 89.2 Å². The molecular weight excluding hydrogens is 1420 g/mol. The predicted molar refractivity (Wildman–Crippen MR) is 396 cm³/mol. The standard InChI is InChI=1S/C88H78O23/c89-79(60-37-17-4-18-38-60)100-55-68-71(105-81(91)62-41-21-6-22-42-62)74(106-82(92)63-43-23-7-24-44-63)77(108-84(94)65-47-27-9-28-48-65)88(103-68)111-72-69(56-101-80(90)61-39-19-5-20-40-61)104-87(78(109-85(95)66-49-29-10-30-50-66)75(72)107-83(93)64-45-25-8-26-46-64)110-70-67(54-97-51-57-31-11-1-12-32-57)102-86(96)76(99-53-59-35-15-3-16-36-59)73(70)98-52-58-33-13-2-14-34-58/h1-50,67-78,86-88,96H,51-56H2/t67-,68-,69-,70+,71-,72-,73+,74+,75+,76-,77-,78-,86+,87+,88+/m1/s1. The van der Waals surface area contributed by atoms with E-state index in [1.54, 1.807) is 127 Å². The van der Waals surface area contributed by atoms with Crippen LogP contribution in [0.15, 0.2) is 303 Å². The fourth-order valence-electron chi connectivity index (χ4n) is 12.8. The average Bonchev–Trinajstić information content (AvgIpc) is 0.757. The van der Waals surface area contributed by atoms with E-state index in [1.165, 1.54) is 84.9 Å². The van der Waals surface area contributed by atoms with Gasteiger partial charge in [-0.2, -0.15) is 0 Å². The maximum atomic E-state index is 15.4. The normalized spacial score (nSPS) is 23.5. The summed E-state index contributed by atoms with van der Waals surface area (Å²) in [6, 6.07) is 82.0. The molecule has 568 valence electrons. The first-order chi connectivity index (χ1) is 54.4. The minimum absolute atomic E-state index is 0.0105. The largest absolute Gasteiger partial charge is 0.459 e. The molecule has 13 rings (SSSR count). The van der Waals surface area contributed by atoms with E-state index in [0.29, 0.717) is 11.1 Å². The lowest BCUT2D eigenvalue weighted by atomic mass is 9.94. The summed E-state index contributed by atoms with van der Waals surface area (Å²) >= 11 is 0. The molecule has 1 N–H and O–H groups in total. The van der Waals surface area contributed by atoms with Gasteiger partial charge in [0.25, 0.3) is 0 Å². The Morgan fingerprint density at radius 2 is 0.505 bits per heavy atom. The number of aliphatic hydroxyl groups is 1. The van der Waals surface area contributed by atoms with Crippen molar-refractivity contribution < 1.29 is 110 Å². The summed E-state index contributed by atoms with van der Waals surface area (Å²) in [5.41, 5.74) is 2.23. The zero-order chi connectivity index (χ0) is 76.7. The fourth-order valence-corrected chi connectivity index (χ4v) is 12.8. The Kier molecular flexibility index (Phi) is 26.8. The minimum Gasteiger partial charge on any atom is -0.459 e. The number of hydrogen-bond acceptors (Lipinski definition) is 23. The van der Waals surface area contributed by atoms with Gasteiger partial charge in [-0.05, 0) is 102 Å². The lowest BCUT2D eigenvalue weighted by Crippen LogP contribution is -2.68. The van der Waals surface area contributed by atoms with E-state index in [1.807, 2.05) is 91.0 Å². The van der Waals surface area contributed by atoms with Crippen molar-refractivity contribution in [3.63, 3.8) is 0 Å². The zero-order valence-corrected chi connectivity index (χ0v) is 59.7. The highest BCUT2D eigenvalue weighted by molar-refractivity contribution is 5.93. The molecule has 15 atom stereocenters. The second-order valence-electron chi connectivity index (χ2n) is 26.0. The number of benzene rings is 10. The minimum atomic E-state index is -2.20. The summed E-state index contributed by atoms with van der Waals surface area (Å²) in [7, 11) is 0. The number of aliphatic hydroxyl groups excluding tert-OH is 1. The lowest BCUT2D eigenvalue weighted by molar-refractivity contribution is -0.380. The number of hydrogen-bond donors (Lipinski definition) is 1. The first kappa shape index (κ1) is 77.3. The van der Waals surface area contributed by atoms with Gasteiger partial charge in [-0.3, -0.25) is 0 Å². The van der Waals surface area contributed by atoms with Crippen molar-refractivity contribution in [2.45, 2.75) is 112 Å². The lowest BCUT2D eigenvalue weighted by Gasteiger charge is -2.50. The van der Waals surface area contributed by atoms with Crippen molar-refractivity contribution >= 4 is 41.8 Å². The number of carbonyl (C=O) groups excluding carboxylic acids is 7. The second kappa shape index (κ2) is 38.5. The van der Waals surface area contributed by atoms with Gasteiger partial charge in [0.15, 0.2) is 49.4 Å². The van der Waals surface area contributed by atoms with E-state index in [-0.39, 0.29) is 65.4 Å². The summed E-state index contributed by atoms with van der Waals surface area (Å²) < 4.78 is 100. The highest BCUT2D eigenvalue weighted by atomic mass is 16.8. The molecule has 3 aliphatic rings. The fraction of sp³-hybridized carbons (Fsp3) is 0.239. The van der Waals surface area contributed by atoms with Crippen LogP contribution in [0.2, 0.25) is 0 Å². The van der Waals surface area contributed by atoms with Gasteiger partial charge in [-0.25, -0.2) is 33.6 Å². The molecule has 0 unspecified atom stereocenters. The Hall–Kier alpha value is -11.9. The molecule has 3 heterocycles. The van der Waals surface area contributed by atoms with Crippen LogP contribution in [-0.4, -0.2) is 159 Å². The number of esters is 7. The van der Waals surface area contributed by atoms with E-state index in [0.717, 1.165) is 5.56 Å². The van der Waals surface area contributed by atoms with Gasteiger partial charge >= 0.3 is 41.8 Å². The van der Waals surface area contributed by atoms with Crippen molar-refractivity contribution in [3.8, 4) is 0 Å². The van der Waals surface area contributed by atoms with E-state index >= 15 is 14.4 Å². The van der Waals surface area contributed by atoms with Gasteiger partial charge in [0.1, 0.15) is 55.9 Å². The van der Waals surface area contributed by atoms with Crippen molar-refractivity contribution in [2.24, 2.45) is 0 Å². The van der Waals surface area contributed by atoms with Gasteiger partial charge in [0.05, 0.1) is 65.4 Å². The molecular formula is C88H78O23. The Morgan fingerprint density at radius 3 is 0.847 bits per heavy atom. The van der Waals surface area contributed by atoms with E-state index in [9.17, 15) is 24.3 Å². The molecule has 3 saturated heterocycles. The maximum Gasteiger partial charge on any atom is 0.338 e. The highest BCUT2D eigenvalue weighted by Crippen LogP contribution is 2.40. The molecule has 23 nitrogen and oxygen atoms in total. The van der Waals surface area contributed by atoms with Gasteiger partial charge in [-0.15, -0.1) is 0 Å². The first-order valence-corrected chi connectivity index (χ1v) is 36.0. The molecule has 0 amide bonds. The third kappa shape index (κ3) is 20.5. The molecule has 0 saturated carbocycles. The molecule has 23 heteroatoms. The van der Waals surface area contributed by atoms with Crippen molar-refractivity contribution in [1.82, 2.24) is 0 Å². The number of ether oxygens (including phenoxy) is 15. The van der Waals surface area contributed by atoms with Gasteiger partial charge in [-0.1, -0.05) is 218 Å². The van der Waals surface area contributed by atoms with E-state index in [4.69, 9.17) is 71.1 Å². The molecule has 0 aliphatic carbocycles. The first-order valence-electron chi connectivity index (χ1n) is 36.0. The van der Waals surface area contributed by atoms with Crippen LogP contribution in [0.25, 0.3) is 0 Å². The third-order valence-electron chi connectivity index (χ3n) is 18.4. The van der Waals surface area contributed by atoms with Crippen LogP contribution in [-0.2, 0) is 90.9 Å². The van der Waals surface area contributed by atoms with E-state index in [2.05, 4.69) is 0 Å². The number of carbonyl (C=O) groups is 7. The molecule has 0 spiro atoms. The summed E-state index contributed by atoms with van der Waals surface area (Å²) in [5, 5.41) is 12.3. The predicted octanol–water partition coefficient (Wildman–Crippen LogP) is 12.2. The van der Waals surface area contributed by atoms with Crippen LogP contribution < -0.4 is 0 Å². The van der Waals surface area contributed by atoms with Gasteiger partial charge < -0.3 is 76.2 Å². The van der Waals surface area contributed by atoms with Crippen molar-refractivity contribution in [3.05, 3.63) is 359 Å².